The van der Waals surface area contributed by atoms with Crippen molar-refractivity contribution >= 4 is 0 Å². The van der Waals surface area contributed by atoms with E-state index in [-0.39, 0.29) is 0 Å². The lowest BCUT2D eigenvalue weighted by Crippen LogP contribution is -2.37. The summed E-state index contributed by atoms with van der Waals surface area (Å²) in [5.41, 5.74) is 1.32. The number of aromatic nitrogens is 2. The summed E-state index contributed by atoms with van der Waals surface area (Å²) in [7, 11) is 0. The average molecular weight is 342 g/mol. The average Bonchev–Trinajstić information content (AvgIpc) is 3.05. The van der Waals surface area contributed by atoms with Crippen molar-refractivity contribution in [1.29, 1.82) is 0 Å². The molecule has 2 nitrogen and oxygen atoms in total. The van der Waals surface area contributed by atoms with Gasteiger partial charge in [-0.2, -0.15) is 0 Å². The maximum atomic E-state index is 2.44. The van der Waals surface area contributed by atoms with Gasteiger partial charge in [0.2, 0.25) is 0 Å². The van der Waals surface area contributed by atoms with Gasteiger partial charge in [-0.25, -0.2) is 9.13 Å². The Labute approximate surface area is 154 Å². The van der Waals surface area contributed by atoms with E-state index in [4.69, 9.17) is 0 Å². The molecule has 25 heavy (non-hydrogen) atoms. The van der Waals surface area contributed by atoms with Gasteiger partial charge in [-0.05, 0) is 38.8 Å². The molecule has 1 aromatic heterocycles. The van der Waals surface area contributed by atoms with E-state index in [1.807, 2.05) is 0 Å². The van der Waals surface area contributed by atoms with Crippen LogP contribution in [0.25, 0.3) is 11.4 Å². The molecule has 0 aliphatic carbocycles. The Bertz CT molecular complexity index is 583. The van der Waals surface area contributed by atoms with Crippen molar-refractivity contribution in [2.45, 2.75) is 91.1 Å². The number of imidazole rings is 1. The van der Waals surface area contributed by atoms with Crippen LogP contribution in [-0.2, 0) is 6.54 Å². The third kappa shape index (κ3) is 6.34. The van der Waals surface area contributed by atoms with Gasteiger partial charge in [-0.3, -0.25) is 0 Å². The normalized spacial score (nSPS) is 11.4. The number of aryl methyl sites for hydroxylation is 1. The number of hydrogen-bond acceptors (Lipinski definition) is 0. The summed E-state index contributed by atoms with van der Waals surface area (Å²) in [5, 5.41) is 0. The molecule has 0 amide bonds. The standard InChI is InChI=1S/C23H37N2/c1-4-5-6-7-8-9-10-11-15-18-24-19-20-25(21(2)3)23(24)22-16-13-12-14-17-22/h12-14,16-17,19-21H,4-11,15,18H2,1-3H3/q+1. The first kappa shape index (κ1) is 19.8. The van der Waals surface area contributed by atoms with Gasteiger partial charge in [0.15, 0.2) is 0 Å². The number of benzene rings is 1. The van der Waals surface area contributed by atoms with Crippen molar-refractivity contribution < 1.29 is 4.57 Å². The number of nitrogens with zero attached hydrogens (tertiary/aromatic N) is 2. The molecule has 0 aliphatic heterocycles. The van der Waals surface area contributed by atoms with Gasteiger partial charge < -0.3 is 0 Å². The zero-order chi connectivity index (χ0) is 17.9. The van der Waals surface area contributed by atoms with E-state index in [0.29, 0.717) is 6.04 Å². The molecule has 138 valence electrons. The van der Waals surface area contributed by atoms with Crippen molar-refractivity contribution in [2.75, 3.05) is 0 Å². The van der Waals surface area contributed by atoms with Crippen LogP contribution in [0.5, 0.6) is 0 Å². The Morgan fingerprint density at radius 3 is 2.04 bits per heavy atom. The largest absolute Gasteiger partial charge is 0.289 e. The van der Waals surface area contributed by atoms with E-state index in [2.05, 4.69) is 72.6 Å². The molecule has 0 bridgehead atoms. The third-order valence-electron chi connectivity index (χ3n) is 5.01. The Morgan fingerprint density at radius 2 is 1.44 bits per heavy atom. The smallest absolute Gasteiger partial charge is 0.230 e. The van der Waals surface area contributed by atoms with Crippen LogP contribution >= 0.6 is 0 Å². The van der Waals surface area contributed by atoms with Gasteiger partial charge in [-0.1, -0.05) is 70.1 Å². The molecule has 0 aliphatic rings. The molecule has 2 heteroatoms. The van der Waals surface area contributed by atoms with E-state index in [1.165, 1.54) is 69.2 Å². The van der Waals surface area contributed by atoms with Crippen molar-refractivity contribution in [3.8, 4) is 11.4 Å². The van der Waals surface area contributed by atoms with Crippen molar-refractivity contribution in [3.05, 3.63) is 42.7 Å². The highest BCUT2D eigenvalue weighted by molar-refractivity contribution is 5.52. The summed E-state index contributed by atoms with van der Waals surface area (Å²) in [6.07, 6.45) is 16.9. The minimum atomic E-state index is 0.486. The van der Waals surface area contributed by atoms with Gasteiger partial charge in [-0.15, -0.1) is 0 Å². The van der Waals surface area contributed by atoms with E-state index < -0.39 is 0 Å². The lowest BCUT2D eigenvalue weighted by Gasteiger charge is -2.08. The second-order valence-corrected chi connectivity index (χ2v) is 7.51. The first-order chi connectivity index (χ1) is 12.2. The molecule has 0 radical (unpaired) electrons. The second-order valence-electron chi connectivity index (χ2n) is 7.51. The Hall–Kier alpha value is -1.57. The van der Waals surface area contributed by atoms with E-state index in [1.54, 1.807) is 0 Å². The van der Waals surface area contributed by atoms with Crippen LogP contribution in [0.3, 0.4) is 0 Å². The maximum absolute atomic E-state index is 2.44. The predicted molar refractivity (Wildman–Crippen MR) is 108 cm³/mol. The number of rotatable bonds is 12. The zero-order valence-corrected chi connectivity index (χ0v) is 16.6. The molecule has 0 fully saturated rings. The van der Waals surface area contributed by atoms with E-state index >= 15 is 0 Å². The summed E-state index contributed by atoms with van der Waals surface area (Å²) in [6.45, 7) is 7.93. The minimum absolute atomic E-state index is 0.486. The summed E-state index contributed by atoms with van der Waals surface area (Å²) < 4.78 is 4.83. The SMILES string of the molecule is CCCCCCCCCCCn1cc[n+](C(C)C)c1-c1ccccc1. The quantitative estimate of drug-likeness (QED) is 0.305. The van der Waals surface area contributed by atoms with Gasteiger partial charge in [0.1, 0.15) is 12.4 Å². The molecule has 2 aromatic rings. The minimum Gasteiger partial charge on any atom is -0.230 e. The topological polar surface area (TPSA) is 8.81 Å². The molecular weight excluding hydrogens is 304 g/mol. The molecular formula is C23H37N2+. The third-order valence-corrected chi connectivity index (χ3v) is 5.01. The fourth-order valence-corrected chi connectivity index (χ4v) is 3.53. The van der Waals surface area contributed by atoms with Gasteiger partial charge >= 0.3 is 0 Å². The first-order valence-corrected chi connectivity index (χ1v) is 10.4. The Kier molecular flexibility index (Phi) is 8.79. The van der Waals surface area contributed by atoms with Gasteiger partial charge in [0, 0.05) is 0 Å². The molecule has 0 atom stereocenters. The fraction of sp³-hybridized carbons (Fsp3) is 0.609. The van der Waals surface area contributed by atoms with Crippen LogP contribution in [0.2, 0.25) is 0 Å². The van der Waals surface area contributed by atoms with Crippen LogP contribution < -0.4 is 4.57 Å². The highest BCUT2D eigenvalue weighted by Gasteiger charge is 2.20. The molecule has 0 spiro atoms. The zero-order valence-electron chi connectivity index (χ0n) is 16.6. The van der Waals surface area contributed by atoms with Crippen LogP contribution in [0.15, 0.2) is 42.7 Å². The lowest BCUT2D eigenvalue weighted by atomic mass is 10.1. The molecule has 1 heterocycles. The molecule has 0 N–H and O–H groups in total. The van der Waals surface area contributed by atoms with E-state index in [0.717, 1.165) is 6.54 Å². The van der Waals surface area contributed by atoms with Crippen LogP contribution in [0.1, 0.15) is 84.6 Å². The molecule has 0 unspecified atom stereocenters. The summed E-state index contributed by atoms with van der Waals surface area (Å²) >= 11 is 0. The van der Waals surface area contributed by atoms with Gasteiger partial charge in [0.25, 0.3) is 5.82 Å². The highest BCUT2D eigenvalue weighted by Crippen LogP contribution is 2.18. The van der Waals surface area contributed by atoms with E-state index in [9.17, 15) is 0 Å². The van der Waals surface area contributed by atoms with Crippen molar-refractivity contribution in [3.63, 3.8) is 0 Å². The first-order valence-electron chi connectivity index (χ1n) is 10.4. The number of unbranched alkanes of at least 4 members (excludes halogenated alkanes) is 8. The number of hydrogen-bond donors (Lipinski definition) is 0. The Balaban J connectivity index is 1.82. The van der Waals surface area contributed by atoms with Crippen LogP contribution in [-0.4, -0.2) is 4.57 Å². The van der Waals surface area contributed by atoms with Crippen molar-refractivity contribution in [2.24, 2.45) is 0 Å². The summed E-state index contributed by atoms with van der Waals surface area (Å²) in [6, 6.07) is 11.3. The fourth-order valence-electron chi connectivity index (χ4n) is 3.53. The van der Waals surface area contributed by atoms with Crippen LogP contribution in [0, 0.1) is 0 Å². The second kappa shape index (κ2) is 11.1. The molecule has 1 aromatic carbocycles. The highest BCUT2D eigenvalue weighted by atomic mass is 15.2. The van der Waals surface area contributed by atoms with Crippen molar-refractivity contribution in [1.82, 2.24) is 4.57 Å². The summed E-state index contributed by atoms with van der Waals surface area (Å²) in [4.78, 5) is 0. The predicted octanol–water partition coefficient (Wildman–Crippen LogP) is 6.55. The molecule has 0 saturated heterocycles. The van der Waals surface area contributed by atoms with Crippen LogP contribution in [0.4, 0.5) is 0 Å². The monoisotopic (exact) mass is 341 g/mol. The summed E-state index contributed by atoms with van der Waals surface area (Å²) in [5.74, 6) is 1.34. The molecule has 0 saturated carbocycles. The van der Waals surface area contributed by atoms with Gasteiger partial charge in [0.05, 0.1) is 18.2 Å². The maximum Gasteiger partial charge on any atom is 0.289 e. The lowest BCUT2D eigenvalue weighted by molar-refractivity contribution is -0.705. The molecule has 2 rings (SSSR count). The Morgan fingerprint density at radius 1 is 0.840 bits per heavy atom.